The van der Waals surface area contributed by atoms with Gasteiger partial charge in [0.05, 0.1) is 5.56 Å². The van der Waals surface area contributed by atoms with Gasteiger partial charge in [0, 0.05) is 21.8 Å². The number of hydrogen-bond donors (Lipinski definition) is 2. The summed E-state index contributed by atoms with van der Waals surface area (Å²) in [5, 5.41) is 12.8. The maximum atomic E-state index is 12.3. The smallest absolute Gasteiger partial charge is 0.259 e. The molecule has 0 aliphatic carbocycles. The molecule has 0 aliphatic rings. The number of ketones is 1. The zero-order valence-corrected chi connectivity index (χ0v) is 13.8. The molecule has 0 aliphatic heterocycles. The van der Waals surface area contributed by atoms with E-state index in [1.165, 1.54) is 18.2 Å². The van der Waals surface area contributed by atoms with E-state index in [2.05, 4.69) is 5.32 Å². The van der Waals surface area contributed by atoms with Gasteiger partial charge in [-0.1, -0.05) is 41.9 Å². The summed E-state index contributed by atoms with van der Waals surface area (Å²) in [5.41, 5.74) is 1.71. The molecule has 0 heterocycles. The fourth-order valence-electron chi connectivity index (χ4n) is 2.35. The second kappa shape index (κ2) is 7.20. The summed E-state index contributed by atoms with van der Waals surface area (Å²) in [5.74, 6) is -0.731. The number of carbonyl (C=O) groups excluding carboxylic acids is 2. The molecular weight excluding hydrogens is 338 g/mol. The van der Waals surface area contributed by atoms with Crippen LogP contribution >= 0.6 is 11.6 Å². The summed E-state index contributed by atoms with van der Waals surface area (Å²) in [7, 11) is 0. The lowest BCUT2D eigenvalue weighted by Crippen LogP contribution is -2.12. The molecular formula is C20H14ClNO3. The molecule has 0 atom stereocenters. The Hall–Kier alpha value is -3.11. The number of rotatable bonds is 4. The predicted octanol–water partition coefficient (Wildman–Crippen LogP) is 4.53. The van der Waals surface area contributed by atoms with Crippen molar-refractivity contribution in [1.82, 2.24) is 0 Å². The molecule has 0 spiro atoms. The van der Waals surface area contributed by atoms with Gasteiger partial charge in [0.2, 0.25) is 0 Å². The number of halogens is 1. The Morgan fingerprint density at radius 2 is 1.48 bits per heavy atom. The molecule has 1 amide bonds. The highest BCUT2D eigenvalue weighted by atomic mass is 35.5. The van der Waals surface area contributed by atoms with E-state index in [-0.39, 0.29) is 17.1 Å². The lowest BCUT2D eigenvalue weighted by Gasteiger charge is -2.08. The lowest BCUT2D eigenvalue weighted by atomic mass is 10.0. The monoisotopic (exact) mass is 351 g/mol. The van der Waals surface area contributed by atoms with Crippen molar-refractivity contribution >= 4 is 29.0 Å². The molecule has 4 nitrogen and oxygen atoms in total. The normalized spacial score (nSPS) is 10.3. The number of benzene rings is 3. The predicted molar refractivity (Wildman–Crippen MR) is 97.4 cm³/mol. The Balaban J connectivity index is 1.76. The van der Waals surface area contributed by atoms with E-state index in [1.807, 2.05) is 6.07 Å². The zero-order valence-electron chi connectivity index (χ0n) is 13.1. The van der Waals surface area contributed by atoms with E-state index >= 15 is 0 Å². The first-order chi connectivity index (χ1) is 12.0. The number of amides is 1. The van der Waals surface area contributed by atoms with Crippen LogP contribution in [0.25, 0.3) is 0 Å². The second-order valence-electron chi connectivity index (χ2n) is 5.39. The molecule has 0 unspecified atom stereocenters. The van der Waals surface area contributed by atoms with E-state index in [0.29, 0.717) is 21.8 Å². The third kappa shape index (κ3) is 3.87. The van der Waals surface area contributed by atoms with Crippen LogP contribution in [0.2, 0.25) is 5.02 Å². The first-order valence-electron chi connectivity index (χ1n) is 7.54. The highest BCUT2D eigenvalue weighted by molar-refractivity contribution is 6.31. The molecule has 5 heteroatoms. The van der Waals surface area contributed by atoms with Gasteiger partial charge >= 0.3 is 0 Å². The van der Waals surface area contributed by atoms with Crippen molar-refractivity contribution in [3.63, 3.8) is 0 Å². The highest BCUT2D eigenvalue weighted by Gasteiger charge is 2.13. The molecule has 3 aromatic rings. The summed E-state index contributed by atoms with van der Waals surface area (Å²) < 4.78 is 0. The third-order valence-corrected chi connectivity index (χ3v) is 3.88. The van der Waals surface area contributed by atoms with Gasteiger partial charge in [0.1, 0.15) is 5.75 Å². The van der Waals surface area contributed by atoms with Crippen molar-refractivity contribution in [2.75, 3.05) is 5.32 Å². The maximum absolute atomic E-state index is 12.3. The lowest BCUT2D eigenvalue weighted by molar-refractivity contribution is 0.102. The van der Waals surface area contributed by atoms with E-state index in [9.17, 15) is 14.7 Å². The summed E-state index contributed by atoms with van der Waals surface area (Å²) in [4.78, 5) is 24.6. The van der Waals surface area contributed by atoms with Gasteiger partial charge in [0.25, 0.3) is 5.91 Å². The zero-order chi connectivity index (χ0) is 17.8. The number of phenols is 1. The minimum Gasteiger partial charge on any atom is -0.507 e. The van der Waals surface area contributed by atoms with Crippen molar-refractivity contribution in [3.05, 3.63) is 94.5 Å². The van der Waals surface area contributed by atoms with Crippen LogP contribution in [0.15, 0.2) is 72.8 Å². The Morgan fingerprint density at radius 1 is 0.840 bits per heavy atom. The third-order valence-electron chi connectivity index (χ3n) is 3.64. The average molecular weight is 352 g/mol. The van der Waals surface area contributed by atoms with E-state index in [4.69, 9.17) is 11.6 Å². The maximum Gasteiger partial charge on any atom is 0.259 e. The average Bonchev–Trinajstić information content (AvgIpc) is 2.64. The summed E-state index contributed by atoms with van der Waals surface area (Å²) >= 11 is 5.85. The van der Waals surface area contributed by atoms with Crippen LogP contribution in [-0.2, 0) is 0 Å². The van der Waals surface area contributed by atoms with Crippen molar-refractivity contribution in [1.29, 1.82) is 0 Å². The SMILES string of the molecule is O=C(c1ccccc1)c1ccc(NC(=O)c2cc(Cl)ccc2O)cc1. The number of anilines is 1. The molecule has 25 heavy (non-hydrogen) atoms. The Morgan fingerprint density at radius 3 is 2.16 bits per heavy atom. The molecule has 0 saturated heterocycles. The van der Waals surface area contributed by atoms with Crippen molar-refractivity contribution < 1.29 is 14.7 Å². The number of carbonyl (C=O) groups is 2. The van der Waals surface area contributed by atoms with E-state index < -0.39 is 5.91 Å². The Bertz CT molecular complexity index is 921. The van der Waals surface area contributed by atoms with Crippen LogP contribution in [0.4, 0.5) is 5.69 Å². The Labute approximate surface area is 149 Å². The van der Waals surface area contributed by atoms with Gasteiger partial charge < -0.3 is 10.4 Å². The Kier molecular flexibility index (Phi) is 4.82. The summed E-state index contributed by atoms with van der Waals surface area (Å²) in [6.45, 7) is 0. The number of nitrogens with one attached hydrogen (secondary N) is 1. The molecule has 0 aromatic heterocycles. The van der Waals surface area contributed by atoms with Crippen molar-refractivity contribution in [2.24, 2.45) is 0 Å². The number of aromatic hydroxyl groups is 1. The summed E-state index contributed by atoms with van der Waals surface area (Å²) in [6, 6.07) is 19.8. The molecule has 0 saturated carbocycles. The van der Waals surface area contributed by atoms with Crippen LogP contribution in [-0.4, -0.2) is 16.8 Å². The van der Waals surface area contributed by atoms with Crippen molar-refractivity contribution in [3.8, 4) is 5.75 Å². The van der Waals surface area contributed by atoms with Crippen LogP contribution < -0.4 is 5.32 Å². The van der Waals surface area contributed by atoms with Crippen LogP contribution in [0.1, 0.15) is 26.3 Å². The van der Waals surface area contributed by atoms with E-state index in [1.54, 1.807) is 48.5 Å². The molecule has 124 valence electrons. The van der Waals surface area contributed by atoms with Gasteiger partial charge in [-0.25, -0.2) is 0 Å². The largest absolute Gasteiger partial charge is 0.507 e. The quantitative estimate of drug-likeness (QED) is 0.679. The standard InChI is InChI=1S/C20H14ClNO3/c21-15-8-11-18(23)17(12-15)20(25)22-16-9-6-14(7-10-16)19(24)13-4-2-1-3-5-13/h1-12,23H,(H,22,25). The molecule has 3 rings (SSSR count). The summed E-state index contributed by atoms with van der Waals surface area (Å²) in [6.07, 6.45) is 0. The molecule has 2 N–H and O–H groups in total. The molecule has 0 fully saturated rings. The topological polar surface area (TPSA) is 66.4 Å². The minimum atomic E-state index is -0.484. The van der Waals surface area contributed by atoms with Crippen LogP contribution in [0, 0.1) is 0 Å². The second-order valence-corrected chi connectivity index (χ2v) is 5.82. The minimum absolute atomic E-state index is 0.0805. The number of phenolic OH excluding ortho intramolecular Hbond substituents is 1. The van der Waals surface area contributed by atoms with E-state index in [0.717, 1.165) is 0 Å². The van der Waals surface area contributed by atoms with Crippen LogP contribution in [0.5, 0.6) is 5.75 Å². The van der Waals surface area contributed by atoms with Gasteiger partial charge in [-0.05, 0) is 42.5 Å². The highest BCUT2D eigenvalue weighted by Crippen LogP contribution is 2.23. The van der Waals surface area contributed by atoms with Gasteiger partial charge in [0.15, 0.2) is 5.78 Å². The fourth-order valence-corrected chi connectivity index (χ4v) is 2.52. The molecule has 0 radical (unpaired) electrons. The molecule has 3 aromatic carbocycles. The van der Waals surface area contributed by atoms with Crippen LogP contribution in [0.3, 0.4) is 0 Å². The first-order valence-corrected chi connectivity index (χ1v) is 7.92. The van der Waals surface area contributed by atoms with Gasteiger partial charge in [-0.15, -0.1) is 0 Å². The fraction of sp³-hybridized carbons (Fsp3) is 0. The number of hydrogen-bond acceptors (Lipinski definition) is 3. The first kappa shape index (κ1) is 16.7. The van der Waals surface area contributed by atoms with Gasteiger partial charge in [-0.2, -0.15) is 0 Å². The van der Waals surface area contributed by atoms with Gasteiger partial charge in [-0.3, -0.25) is 9.59 Å². The molecule has 0 bridgehead atoms. The van der Waals surface area contributed by atoms with Crippen molar-refractivity contribution in [2.45, 2.75) is 0 Å².